The molecule has 4 heteroatoms. The lowest BCUT2D eigenvalue weighted by Gasteiger charge is -2.27. The monoisotopic (exact) mass is 236 g/mol. The fraction of sp³-hybridized carbons (Fsp3) is 0.769. The van der Waals surface area contributed by atoms with Gasteiger partial charge in [-0.15, -0.1) is 0 Å². The van der Waals surface area contributed by atoms with Gasteiger partial charge in [0.05, 0.1) is 5.69 Å². The third kappa shape index (κ3) is 2.38. The van der Waals surface area contributed by atoms with Gasteiger partial charge in [-0.05, 0) is 45.9 Å². The number of nitrogens with zero attached hydrogens (tertiary/aromatic N) is 3. The Bertz CT molecular complexity index is 371. The third-order valence-corrected chi connectivity index (χ3v) is 3.87. The first kappa shape index (κ1) is 12.6. The molecule has 0 aromatic carbocycles. The Morgan fingerprint density at radius 2 is 2.29 bits per heavy atom. The second-order valence-electron chi connectivity index (χ2n) is 5.02. The van der Waals surface area contributed by atoms with E-state index in [1.165, 1.54) is 24.2 Å². The molecule has 0 amide bonds. The maximum atomic E-state index is 4.49. The van der Waals surface area contributed by atoms with Gasteiger partial charge in [0.1, 0.15) is 0 Å². The summed E-state index contributed by atoms with van der Waals surface area (Å²) in [6.45, 7) is 7.80. The maximum Gasteiger partial charge on any atom is 0.0641 e. The zero-order valence-electron chi connectivity index (χ0n) is 11.4. The van der Waals surface area contributed by atoms with Crippen molar-refractivity contribution in [1.82, 2.24) is 20.0 Å². The van der Waals surface area contributed by atoms with E-state index < -0.39 is 0 Å². The molecule has 1 aromatic heterocycles. The van der Waals surface area contributed by atoms with Crippen LogP contribution >= 0.6 is 0 Å². The minimum Gasteiger partial charge on any atom is -0.319 e. The molecule has 2 atom stereocenters. The molecule has 0 radical (unpaired) electrons. The Labute approximate surface area is 104 Å². The quantitative estimate of drug-likeness (QED) is 0.856. The van der Waals surface area contributed by atoms with Gasteiger partial charge in [0, 0.05) is 24.8 Å². The van der Waals surface area contributed by atoms with Crippen LogP contribution in [0.25, 0.3) is 0 Å². The van der Waals surface area contributed by atoms with E-state index in [0.29, 0.717) is 12.0 Å². The fourth-order valence-electron chi connectivity index (χ4n) is 3.12. The van der Waals surface area contributed by atoms with Crippen LogP contribution in [0.4, 0.5) is 0 Å². The summed E-state index contributed by atoms with van der Waals surface area (Å²) >= 11 is 0. The van der Waals surface area contributed by atoms with Crippen LogP contribution in [0.1, 0.15) is 30.6 Å². The van der Waals surface area contributed by atoms with E-state index in [1.54, 1.807) is 0 Å². The van der Waals surface area contributed by atoms with E-state index in [1.807, 2.05) is 18.8 Å². The van der Waals surface area contributed by atoms with Crippen molar-refractivity contribution < 1.29 is 0 Å². The third-order valence-electron chi connectivity index (χ3n) is 3.87. The van der Waals surface area contributed by atoms with E-state index in [9.17, 15) is 0 Å². The lowest BCUT2D eigenvalue weighted by atomic mass is 9.94. The minimum absolute atomic E-state index is 0.543. The van der Waals surface area contributed by atoms with Gasteiger partial charge in [-0.3, -0.25) is 9.58 Å². The van der Waals surface area contributed by atoms with Crippen LogP contribution in [0, 0.1) is 12.8 Å². The van der Waals surface area contributed by atoms with Gasteiger partial charge in [-0.25, -0.2) is 0 Å². The molecule has 96 valence electrons. The summed E-state index contributed by atoms with van der Waals surface area (Å²) in [6, 6.07) is 0.543. The molecular formula is C13H24N4. The topological polar surface area (TPSA) is 33.1 Å². The molecular weight excluding hydrogens is 212 g/mol. The van der Waals surface area contributed by atoms with Gasteiger partial charge in [0.25, 0.3) is 0 Å². The van der Waals surface area contributed by atoms with Crippen LogP contribution < -0.4 is 5.32 Å². The molecule has 1 aliphatic rings. The molecule has 1 aromatic rings. The number of aryl methyl sites for hydroxylation is 2. The highest BCUT2D eigenvalue weighted by Gasteiger charge is 2.35. The van der Waals surface area contributed by atoms with Crippen LogP contribution in [0.2, 0.25) is 0 Å². The predicted molar refractivity (Wildman–Crippen MR) is 70.0 cm³/mol. The van der Waals surface area contributed by atoms with Gasteiger partial charge >= 0.3 is 0 Å². The van der Waals surface area contributed by atoms with Crippen molar-refractivity contribution in [2.24, 2.45) is 13.0 Å². The first-order chi connectivity index (χ1) is 8.17. The van der Waals surface area contributed by atoms with E-state index >= 15 is 0 Å². The number of likely N-dealkylation sites (tertiary alicyclic amines) is 1. The smallest absolute Gasteiger partial charge is 0.0641 e. The predicted octanol–water partition coefficient (Wildman–Crippen LogP) is 1.33. The van der Waals surface area contributed by atoms with Gasteiger partial charge in [0.15, 0.2) is 0 Å². The molecule has 0 spiro atoms. The second-order valence-corrected chi connectivity index (χ2v) is 5.02. The summed E-state index contributed by atoms with van der Waals surface area (Å²) in [5.74, 6) is 0.711. The summed E-state index contributed by atoms with van der Waals surface area (Å²) in [4.78, 5) is 2.58. The Morgan fingerprint density at radius 3 is 2.82 bits per heavy atom. The van der Waals surface area contributed by atoms with E-state index in [2.05, 4.69) is 35.4 Å². The summed E-state index contributed by atoms with van der Waals surface area (Å²) in [5.41, 5.74) is 2.59. The number of hydrogen-bond donors (Lipinski definition) is 1. The van der Waals surface area contributed by atoms with Crippen molar-refractivity contribution in [1.29, 1.82) is 0 Å². The first-order valence-electron chi connectivity index (χ1n) is 6.56. The molecule has 0 aliphatic carbocycles. The first-order valence-corrected chi connectivity index (χ1v) is 6.56. The average molecular weight is 236 g/mol. The molecule has 17 heavy (non-hydrogen) atoms. The highest BCUT2D eigenvalue weighted by Crippen LogP contribution is 2.37. The highest BCUT2D eigenvalue weighted by atomic mass is 15.3. The summed E-state index contributed by atoms with van der Waals surface area (Å²) in [6.07, 6.45) is 3.48. The van der Waals surface area contributed by atoms with E-state index in [0.717, 1.165) is 13.1 Å². The Hall–Kier alpha value is -0.870. The summed E-state index contributed by atoms with van der Waals surface area (Å²) in [7, 11) is 4.05. The molecule has 1 saturated heterocycles. The second kappa shape index (κ2) is 5.19. The van der Waals surface area contributed by atoms with Crippen LogP contribution in [-0.2, 0) is 7.05 Å². The largest absolute Gasteiger partial charge is 0.319 e. The van der Waals surface area contributed by atoms with Gasteiger partial charge in [-0.2, -0.15) is 5.10 Å². The van der Waals surface area contributed by atoms with E-state index in [4.69, 9.17) is 0 Å². The van der Waals surface area contributed by atoms with Crippen LogP contribution in [0.3, 0.4) is 0 Å². The zero-order chi connectivity index (χ0) is 12.4. The molecule has 0 bridgehead atoms. The van der Waals surface area contributed by atoms with Gasteiger partial charge < -0.3 is 5.32 Å². The van der Waals surface area contributed by atoms with Crippen LogP contribution in [-0.4, -0.2) is 41.4 Å². The lowest BCUT2D eigenvalue weighted by Crippen LogP contribution is -2.29. The molecule has 2 rings (SSSR count). The normalized spacial score (nSPS) is 25.6. The number of nitrogens with one attached hydrogen (secondary N) is 1. The number of hydrogen-bond acceptors (Lipinski definition) is 3. The molecule has 1 aliphatic heterocycles. The van der Waals surface area contributed by atoms with Crippen molar-refractivity contribution >= 4 is 0 Å². The molecule has 2 heterocycles. The van der Waals surface area contributed by atoms with Crippen LogP contribution in [0.15, 0.2) is 6.20 Å². The van der Waals surface area contributed by atoms with E-state index in [-0.39, 0.29) is 0 Å². The SMILES string of the molecule is CCN1CCC(CNC)C1c1cn(C)nc1C. The maximum absolute atomic E-state index is 4.49. The molecule has 2 unspecified atom stereocenters. The Morgan fingerprint density at radius 1 is 1.53 bits per heavy atom. The minimum atomic E-state index is 0.543. The van der Waals surface area contributed by atoms with Crippen LogP contribution in [0.5, 0.6) is 0 Å². The average Bonchev–Trinajstić information content (AvgIpc) is 2.82. The lowest BCUT2D eigenvalue weighted by molar-refractivity contribution is 0.237. The Kier molecular flexibility index (Phi) is 3.84. The number of rotatable bonds is 4. The molecule has 1 fully saturated rings. The molecule has 4 nitrogen and oxygen atoms in total. The molecule has 1 N–H and O–H groups in total. The van der Waals surface area contributed by atoms with Crippen molar-refractivity contribution in [3.8, 4) is 0 Å². The zero-order valence-corrected chi connectivity index (χ0v) is 11.4. The summed E-state index contributed by atoms with van der Waals surface area (Å²) in [5, 5.41) is 7.81. The van der Waals surface area contributed by atoms with Gasteiger partial charge in [0.2, 0.25) is 0 Å². The van der Waals surface area contributed by atoms with Crippen molar-refractivity contribution in [3.63, 3.8) is 0 Å². The van der Waals surface area contributed by atoms with Gasteiger partial charge in [-0.1, -0.05) is 6.92 Å². The standard InChI is InChI=1S/C13H24N4/c1-5-17-7-6-11(8-14-3)13(17)12-9-16(4)15-10(12)2/h9,11,13-14H,5-8H2,1-4H3. The summed E-state index contributed by atoms with van der Waals surface area (Å²) < 4.78 is 1.94. The molecule has 0 saturated carbocycles. The van der Waals surface area contributed by atoms with Crippen molar-refractivity contribution in [3.05, 3.63) is 17.5 Å². The Balaban J connectivity index is 2.27. The fourth-order valence-corrected chi connectivity index (χ4v) is 3.12. The number of aromatic nitrogens is 2. The highest BCUT2D eigenvalue weighted by molar-refractivity contribution is 5.22. The van der Waals surface area contributed by atoms with Crippen molar-refractivity contribution in [2.45, 2.75) is 26.3 Å². The van der Waals surface area contributed by atoms with Crippen molar-refractivity contribution in [2.75, 3.05) is 26.7 Å².